The van der Waals surface area contributed by atoms with Gasteiger partial charge in [-0.1, -0.05) is 54.6 Å². The molecule has 2 heterocycles. The standard InChI is InChI=1S/C18H13NS/c1-2-6-13(7-3-1)17-16-10-11-20-18(16)15-9-5-4-8-14(15)12-19-17/h1-11H,12H2. The summed E-state index contributed by atoms with van der Waals surface area (Å²) >= 11 is 1.80. The van der Waals surface area contributed by atoms with E-state index >= 15 is 0 Å². The van der Waals surface area contributed by atoms with Gasteiger partial charge in [0.1, 0.15) is 0 Å². The monoisotopic (exact) mass is 275 g/mol. The maximum absolute atomic E-state index is 4.87. The van der Waals surface area contributed by atoms with Crippen LogP contribution in [0.2, 0.25) is 0 Å². The minimum absolute atomic E-state index is 0.752. The van der Waals surface area contributed by atoms with Crippen LogP contribution in [-0.2, 0) is 6.54 Å². The quantitative estimate of drug-likeness (QED) is 0.607. The Kier molecular flexibility index (Phi) is 2.75. The molecule has 0 saturated heterocycles. The van der Waals surface area contributed by atoms with Gasteiger partial charge in [-0.2, -0.15) is 0 Å². The van der Waals surface area contributed by atoms with Crippen molar-refractivity contribution in [1.29, 1.82) is 0 Å². The fourth-order valence-corrected chi connectivity index (χ4v) is 3.63. The number of hydrogen-bond donors (Lipinski definition) is 0. The molecule has 0 saturated carbocycles. The molecule has 2 aromatic carbocycles. The van der Waals surface area contributed by atoms with Gasteiger partial charge in [0.2, 0.25) is 0 Å². The predicted octanol–water partition coefficient (Wildman–Crippen LogP) is 4.77. The lowest BCUT2D eigenvalue weighted by Crippen LogP contribution is -2.02. The van der Waals surface area contributed by atoms with Gasteiger partial charge in [0.15, 0.2) is 0 Å². The molecule has 1 aliphatic rings. The number of hydrogen-bond acceptors (Lipinski definition) is 2. The topological polar surface area (TPSA) is 12.4 Å². The average Bonchev–Trinajstić information content (AvgIpc) is 2.93. The molecule has 2 heteroatoms. The van der Waals surface area contributed by atoms with Crippen LogP contribution in [0.3, 0.4) is 0 Å². The molecule has 1 aromatic heterocycles. The van der Waals surface area contributed by atoms with Crippen LogP contribution in [0, 0.1) is 0 Å². The zero-order valence-corrected chi connectivity index (χ0v) is 11.7. The minimum atomic E-state index is 0.752. The SMILES string of the molecule is c1ccc(C2=NCc3ccccc3-c3sccc32)cc1. The molecule has 96 valence electrons. The molecule has 0 N–H and O–H groups in total. The summed E-state index contributed by atoms with van der Waals surface area (Å²) in [7, 11) is 0. The summed E-state index contributed by atoms with van der Waals surface area (Å²) in [5, 5.41) is 2.16. The van der Waals surface area contributed by atoms with Gasteiger partial charge in [0.05, 0.1) is 12.3 Å². The Hall–Kier alpha value is -2.19. The number of thiophene rings is 1. The second-order valence-corrected chi connectivity index (χ2v) is 5.77. The highest BCUT2D eigenvalue weighted by Crippen LogP contribution is 2.36. The highest BCUT2D eigenvalue weighted by atomic mass is 32.1. The Balaban J connectivity index is 1.96. The van der Waals surface area contributed by atoms with Crippen molar-refractivity contribution in [2.24, 2.45) is 4.99 Å². The van der Waals surface area contributed by atoms with Gasteiger partial charge in [-0.15, -0.1) is 11.3 Å². The highest BCUT2D eigenvalue weighted by molar-refractivity contribution is 7.14. The Bertz CT molecular complexity index is 784. The molecule has 0 unspecified atom stereocenters. The summed E-state index contributed by atoms with van der Waals surface area (Å²) in [6.07, 6.45) is 0. The summed E-state index contributed by atoms with van der Waals surface area (Å²) in [6.45, 7) is 0.752. The Morgan fingerprint density at radius 2 is 1.60 bits per heavy atom. The highest BCUT2D eigenvalue weighted by Gasteiger charge is 2.19. The molecule has 0 bridgehead atoms. The molecule has 20 heavy (non-hydrogen) atoms. The number of fused-ring (bicyclic) bond motifs is 3. The summed E-state index contributed by atoms with van der Waals surface area (Å²) < 4.78 is 0. The largest absolute Gasteiger partial charge is 0.279 e. The van der Waals surface area contributed by atoms with Crippen LogP contribution in [0.25, 0.3) is 10.4 Å². The molecule has 1 aliphatic heterocycles. The van der Waals surface area contributed by atoms with Crippen molar-refractivity contribution < 1.29 is 0 Å². The van der Waals surface area contributed by atoms with E-state index in [4.69, 9.17) is 4.99 Å². The van der Waals surface area contributed by atoms with Crippen LogP contribution in [0.4, 0.5) is 0 Å². The lowest BCUT2D eigenvalue weighted by Gasteiger charge is -2.06. The molecular weight excluding hydrogens is 262 g/mol. The summed E-state index contributed by atoms with van der Waals surface area (Å²) in [4.78, 5) is 6.21. The summed E-state index contributed by atoms with van der Waals surface area (Å²) in [5.41, 5.74) is 6.19. The van der Waals surface area contributed by atoms with Crippen LogP contribution in [0.15, 0.2) is 71.0 Å². The lowest BCUT2D eigenvalue weighted by molar-refractivity contribution is 1.08. The second kappa shape index (κ2) is 4.73. The van der Waals surface area contributed by atoms with E-state index in [1.54, 1.807) is 11.3 Å². The van der Waals surface area contributed by atoms with Crippen molar-refractivity contribution in [3.8, 4) is 10.4 Å². The van der Waals surface area contributed by atoms with Crippen molar-refractivity contribution in [2.75, 3.05) is 0 Å². The number of rotatable bonds is 1. The molecule has 0 aliphatic carbocycles. The van der Waals surface area contributed by atoms with Crippen LogP contribution in [-0.4, -0.2) is 5.71 Å². The van der Waals surface area contributed by atoms with Crippen LogP contribution < -0.4 is 0 Å². The molecule has 0 amide bonds. The van der Waals surface area contributed by atoms with Gasteiger partial charge in [-0.3, -0.25) is 4.99 Å². The normalized spacial score (nSPS) is 13.1. The molecule has 0 atom stereocenters. The van der Waals surface area contributed by atoms with Gasteiger partial charge in [-0.05, 0) is 22.6 Å². The van der Waals surface area contributed by atoms with E-state index in [1.807, 2.05) is 6.07 Å². The Morgan fingerprint density at radius 3 is 2.50 bits per heavy atom. The van der Waals surface area contributed by atoms with Gasteiger partial charge in [0.25, 0.3) is 0 Å². The summed E-state index contributed by atoms with van der Waals surface area (Å²) in [5.74, 6) is 0. The fourth-order valence-electron chi connectivity index (χ4n) is 2.68. The van der Waals surface area contributed by atoms with E-state index in [9.17, 15) is 0 Å². The lowest BCUT2D eigenvalue weighted by atomic mass is 10.00. The number of aliphatic imine (C=N–C) groups is 1. The number of nitrogens with zero attached hydrogens (tertiary/aromatic N) is 1. The van der Waals surface area contributed by atoms with Gasteiger partial charge in [-0.25, -0.2) is 0 Å². The minimum Gasteiger partial charge on any atom is -0.279 e. The average molecular weight is 275 g/mol. The third-order valence-corrected chi connectivity index (χ3v) is 4.58. The zero-order chi connectivity index (χ0) is 13.4. The third-order valence-electron chi connectivity index (χ3n) is 3.64. The third kappa shape index (κ3) is 1.81. The van der Waals surface area contributed by atoms with E-state index < -0.39 is 0 Å². The van der Waals surface area contributed by atoms with Crippen molar-refractivity contribution in [3.05, 3.63) is 82.7 Å². The molecule has 0 fully saturated rings. The van der Waals surface area contributed by atoms with E-state index in [1.165, 1.54) is 27.1 Å². The van der Waals surface area contributed by atoms with Crippen molar-refractivity contribution in [2.45, 2.75) is 6.54 Å². The molecule has 0 spiro atoms. The Labute approximate surface area is 122 Å². The van der Waals surface area contributed by atoms with Gasteiger partial charge >= 0.3 is 0 Å². The smallest absolute Gasteiger partial charge is 0.0737 e. The van der Waals surface area contributed by atoms with Crippen LogP contribution >= 0.6 is 11.3 Å². The van der Waals surface area contributed by atoms with E-state index in [2.05, 4.69) is 60.0 Å². The van der Waals surface area contributed by atoms with E-state index in [0.717, 1.165) is 12.3 Å². The van der Waals surface area contributed by atoms with Crippen molar-refractivity contribution in [1.82, 2.24) is 0 Å². The first-order valence-electron chi connectivity index (χ1n) is 6.69. The molecule has 4 rings (SSSR count). The van der Waals surface area contributed by atoms with Crippen molar-refractivity contribution in [3.63, 3.8) is 0 Å². The molecular formula is C18H13NS. The molecule has 1 nitrogen and oxygen atoms in total. The zero-order valence-electron chi connectivity index (χ0n) is 10.9. The Morgan fingerprint density at radius 1 is 0.800 bits per heavy atom. The predicted molar refractivity (Wildman–Crippen MR) is 85.5 cm³/mol. The molecule has 0 radical (unpaired) electrons. The first-order chi connectivity index (χ1) is 9.93. The summed E-state index contributed by atoms with van der Waals surface area (Å²) in [6, 6.07) is 21.2. The fraction of sp³-hybridized carbons (Fsp3) is 0.0556. The van der Waals surface area contributed by atoms with E-state index in [0.29, 0.717) is 0 Å². The van der Waals surface area contributed by atoms with Crippen molar-refractivity contribution >= 4 is 17.0 Å². The first kappa shape index (κ1) is 11.6. The maximum Gasteiger partial charge on any atom is 0.0737 e. The van der Waals surface area contributed by atoms with E-state index in [-0.39, 0.29) is 0 Å². The number of benzene rings is 2. The first-order valence-corrected chi connectivity index (χ1v) is 7.57. The maximum atomic E-state index is 4.87. The van der Waals surface area contributed by atoms with Gasteiger partial charge < -0.3 is 0 Å². The van der Waals surface area contributed by atoms with Gasteiger partial charge in [0, 0.05) is 16.0 Å². The second-order valence-electron chi connectivity index (χ2n) is 4.85. The molecule has 3 aromatic rings. The van der Waals surface area contributed by atoms with Crippen LogP contribution in [0.1, 0.15) is 16.7 Å². The van der Waals surface area contributed by atoms with Crippen LogP contribution in [0.5, 0.6) is 0 Å².